The highest BCUT2D eigenvalue weighted by Crippen LogP contribution is 2.20. The molecule has 21 heavy (non-hydrogen) atoms. The van der Waals surface area contributed by atoms with Crippen LogP contribution in [0.1, 0.15) is 5.56 Å². The second kappa shape index (κ2) is 6.60. The third-order valence-corrected chi connectivity index (χ3v) is 2.96. The highest BCUT2D eigenvalue weighted by atomic mass is 35.5. The molecule has 0 fully saturated rings. The average Bonchev–Trinajstić information content (AvgIpc) is 2.48. The molecule has 0 atom stereocenters. The highest BCUT2D eigenvalue weighted by molar-refractivity contribution is 6.30. The SMILES string of the molecule is N#C/C(=C/c1ccccc1O)C(=O)Nc1ccc(Cl)cc1. The van der Waals surface area contributed by atoms with Gasteiger partial charge in [-0.25, -0.2) is 0 Å². The zero-order valence-electron chi connectivity index (χ0n) is 10.9. The van der Waals surface area contributed by atoms with Crippen LogP contribution in [0.25, 0.3) is 6.08 Å². The number of rotatable bonds is 3. The third kappa shape index (κ3) is 3.85. The van der Waals surface area contributed by atoms with Crippen LogP contribution in [-0.4, -0.2) is 11.0 Å². The Labute approximate surface area is 126 Å². The van der Waals surface area contributed by atoms with Gasteiger partial charge in [0.25, 0.3) is 5.91 Å². The van der Waals surface area contributed by atoms with Gasteiger partial charge in [0.15, 0.2) is 0 Å². The van der Waals surface area contributed by atoms with Gasteiger partial charge in [-0.2, -0.15) is 5.26 Å². The molecule has 0 saturated carbocycles. The Morgan fingerprint density at radius 2 is 1.86 bits per heavy atom. The predicted octanol–water partition coefficient (Wildman–Crippen LogP) is 3.59. The van der Waals surface area contributed by atoms with Crippen molar-refractivity contribution >= 4 is 29.3 Å². The second-order valence-electron chi connectivity index (χ2n) is 4.19. The molecule has 2 aromatic rings. The maximum Gasteiger partial charge on any atom is 0.266 e. The number of hydrogen-bond acceptors (Lipinski definition) is 3. The molecule has 1 amide bonds. The molecule has 0 aliphatic heterocycles. The highest BCUT2D eigenvalue weighted by Gasteiger charge is 2.10. The zero-order valence-corrected chi connectivity index (χ0v) is 11.6. The largest absolute Gasteiger partial charge is 0.507 e. The number of carbonyl (C=O) groups is 1. The average molecular weight is 299 g/mol. The van der Waals surface area contributed by atoms with Gasteiger partial charge in [-0.15, -0.1) is 0 Å². The lowest BCUT2D eigenvalue weighted by molar-refractivity contribution is -0.112. The molecule has 0 aliphatic carbocycles. The molecule has 0 bridgehead atoms. The minimum Gasteiger partial charge on any atom is -0.507 e. The quantitative estimate of drug-likeness (QED) is 0.672. The lowest BCUT2D eigenvalue weighted by Gasteiger charge is -2.04. The van der Waals surface area contributed by atoms with E-state index in [2.05, 4.69) is 5.32 Å². The van der Waals surface area contributed by atoms with Gasteiger partial charge in [0.1, 0.15) is 17.4 Å². The van der Waals surface area contributed by atoms with E-state index < -0.39 is 5.91 Å². The van der Waals surface area contributed by atoms with Crippen LogP contribution < -0.4 is 5.32 Å². The van der Waals surface area contributed by atoms with Crippen molar-refractivity contribution < 1.29 is 9.90 Å². The molecule has 0 unspecified atom stereocenters. The first kappa shape index (κ1) is 14.6. The van der Waals surface area contributed by atoms with Crippen LogP contribution in [-0.2, 0) is 4.79 Å². The van der Waals surface area contributed by atoms with Crippen molar-refractivity contribution in [1.82, 2.24) is 0 Å². The van der Waals surface area contributed by atoms with Crippen molar-refractivity contribution in [3.63, 3.8) is 0 Å². The molecular weight excluding hydrogens is 288 g/mol. The number of phenolic OH excluding ortho intramolecular Hbond substituents is 1. The summed E-state index contributed by atoms with van der Waals surface area (Å²) in [6.45, 7) is 0. The lowest BCUT2D eigenvalue weighted by atomic mass is 10.1. The summed E-state index contributed by atoms with van der Waals surface area (Å²) in [4.78, 5) is 12.0. The normalized spacial score (nSPS) is 10.8. The first-order chi connectivity index (χ1) is 10.1. The fraction of sp³-hybridized carbons (Fsp3) is 0. The number of benzene rings is 2. The maximum absolute atomic E-state index is 12.0. The maximum atomic E-state index is 12.0. The van der Waals surface area contributed by atoms with Gasteiger partial charge in [0.2, 0.25) is 0 Å². The molecular formula is C16H11ClN2O2. The van der Waals surface area contributed by atoms with E-state index >= 15 is 0 Å². The Kier molecular flexibility index (Phi) is 4.60. The van der Waals surface area contributed by atoms with Crippen LogP contribution in [0, 0.1) is 11.3 Å². The first-order valence-electron chi connectivity index (χ1n) is 6.07. The van der Waals surface area contributed by atoms with E-state index in [0.717, 1.165) is 0 Å². The summed E-state index contributed by atoms with van der Waals surface area (Å²) in [5, 5.41) is 21.9. The number of aromatic hydroxyl groups is 1. The van der Waals surface area contributed by atoms with Crippen molar-refractivity contribution in [2.45, 2.75) is 0 Å². The number of hydrogen-bond donors (Lipinski definition) is 2. The minimum absolute atomic E-state index is 0.00421. The standard InChI is InChI=1S/C16H11ClN2O2/c17-13-5-7-14(8-6-13)19-16(21)12(10-18)9-11-3-1-2-4-15(11)20/h1-9,20H,(H,19,21)/b12-9-. The number of nitrogens with one attached hydrogen (secondary N) is 1. The number of halogens is 1. The molecule has 4 nitrogen and oxygen atoms in total. The van der Waals surface area contributed by atoms with E-state index in [9.17, 15) is 9.90 Å². The molecule has 2 aromatic carbocycles. The molecule has 0 heterocycles. The Morgan fingerprint density at radius 1 is 1.19 bits per heavy atom. The van der Waals surface area contributed by atoms with Crippen molar-refractivity contribution in [3.8, 4) is 11.8 Å². The number of carbonyl (C=O) groups excluding carboxylic acids is 1. The molecule has 2 N–H and O–H groups in total. The van der Waals surface area contributed by atoms with Gasteiger partial charge >= 0.3 is 0 Å². The van der Waals surface area contributed by atoms with E-state index in [1.165, 1.54) is 12.1 Å². The Morgan fingerprint density at radius 3 is 2.48 bits per heavy atom. The van der Waals surface area contributed by atoms with Crippen LogP contribution in [0.3, 0.4) is 0 Å². The van der Waals surface area contributed by atoms with Crippen molar-refractivity contribution in [3.05, 3.63) is 64.7 Å². The summed E-state index contributed by atoms with van der Waals surface area (Å²) in [5.41, 5.74) is 0.828. The Balaban J connectivity index is 2.22. The fourth-order valence-electron chi connectivity index (χ4n) is 1.65. The van der Waals surface area contributed by atoms with Gasteiger partial charge in [0.05, 0.1) is 0 Å². The number of anilines is 1. The number of amides is 1. The Hall–Kier alpha value is -2.77. The molecule has 5 heteroatoms. The monoisotopic (exact) mass is 298 g/mol. The molecule has 0 spiro atoms. The topological polar surface area (TPSA) is 73.1 Å². The summed E-state index contributed by atoms with van der Waals surface area (Å²) in [7, 11) is 0. The third-order valence-electron chi connectivity index (χ3n) is 2.70. The number of phenols is 1. The van der Waals surface area contributed by atoms with Crippen LogP contribution in [0.4, 0.5) is 5.69 Å². The van der Waals surface area contributed by atoms with Gasteiger partial charge in [0, 0.05) is 16.3 Å². The van der Waals surface area contributed by atoms with E-state index in [0.29, 0.717) is 16.3 Å². The summed E-state index contributed by atoms with van der Waals surface area (Å²) in [6.07, 6.45) is 1.33. The molecule has 0 radical (unpaired) electrons. The van der Waals surface area contributed by atoms with Crippen LogP contribution in [0.2, 0.25) is 5.02 Å². The fourth-order valence-corrected chi connectivity index (χ4v) is 1.77. The number of nitrogens with zero attached hydrogens (tertiary/aromatic N) is 1. The molecule has 0 aliphatic rings. The van der Waals surface area contributed by atoms with Crippen molar-refractivity contribution in [2.75, 3.05) is 5.32 Å². The summed E-state index contributed by atoms with van der Waals surface area (Å²) < 4.78 is 0. The van der Waals surface area contributed by atoms with E-state index in [-0.39, 0.29) is 11.3 Å². The number of para-hydroxylation sites is 1. The van der Waals surface area contributed by atoms with Gasteiger partial charge < -0.3 is 10.4 Å². The first-order valence-corrected chi connectivity index (χ1v) is 6.44. The summed E-state index contributed by atoms with van der Waals surface area (Å²) in [5.74, 6) is -0.549. The van der Waals surface area contributed by atoms with Crippen molar-refractivity contribution in [2.24, 2.45) is 0 Å². The van der Waals surface area contributed by atoms with Crippen LogP contribution in [0.5, 0.6) is 5.75 Å². The van der Waals surface area contributed by atoms with Crippen LogP contribution in [0.15, 0.2) is 54.1 Å². The lowest BCUT2D eigenvalue weighted by Crippen LogP contribution is -2.13. The van der Waals surface area contributed by atoms with E-state index in [1.54, 1.807) is 42.5 Å². The van der Waals surface area contributed by atoms with Crippen molar-refractivity contribution in [1.29, 1.82) is 5.26 Å². The molecule has 104 valence electrons. The predicted molar refractivity (Wildman–Crippen MR) is 81.8 cm³/mol. The summed E-state index contributed by atoms with van der Waals surface area (Å²) in [6, 6.07) is 14.8. The minimum atomic E-state index is -0.553. The van der Waals surface area contributed by atoms with Gasteiger partial charge in [-0.1, -0.05) is 29.8 Å². The van der Waals surface area contributed by atoms with Crippen LogP contribution >= 0.6 is 11.6 Å². The Bertz CT molecular complexity index is 731. The zero-order chi connectivity index (χ0) is 15.2. The van der Waals surface area contributed by atoms with Gasteiger partial charge in [-0.05, 0) is 36.4 Å². The van der Waals surface area contributed by atoms with E-state index in [1.807, 2.05) is 6.07 Å². The summed E-state index contributed by atoms with van der Waals surface area (Å²) >= 11 is 5.76. The number of nitriles is 1. The molecule has 0 aromatic heterocycles. The van der Waals surface area contributed by atoms with E-state index in [4.69, 9.17) is 16.9 Å². The molecule has 0 saturated heterocycles. The molecule has 2 rings (SSSR count). The smallest absolute Gasteiger partial charge is 0.266 e. The van der Waals surface area contributed by atoms with Gasteiger partial charge in [-0.3, -0.25) is 4.79 Å². The second-order valence-corrected chi connectivity index (χ2v) is 4.63.